The van der Waals surface area contributed by atoms with Gasteiger partial charge in [-0.05, 0) is 30.7 Å². The van der Waals surface area contributed by atoms with Crippen molar-refractivity contribution in [2.45, 2.75) is 6.92 Å². The fourth-order valence-electron chi connectivity index (χ4n) is 0.664. The van der Waals surface area contributed by atoms with Gasteiger partial charge >= 0.3 is 0 Å². The van der Waals surface area contributed by atoms with Crippen LogP contribution in [0.15, 0.2) is 17.7 Å². The van der Waals surface area contributed by atoms with E-state index in [4.69, 9.17) is 11.6 Å². The topological polar surface area (TPSA) is 17.1 Å². The quantitative estimate of drug-likeness (QED) is 0.513. The maximum absolute atomic E-state index is 10.2. The van der Waals surface area contributed by atoms with Crippen LogP contribution in [0.3, 0.4) is 0 Å². The van der Waals surface area contributed by atoms with Crippen molar-refractivity contribution in [2.24, 2.45) is 0 Å². The Hall–Kier alpha value is -0.600. The number of halogens is 1. The Balaban J connectivity index is 2.86. The van der Waals surface area contributed by atoms with E-state index in [2.05, 4.69) is 0 Å². The van der Waals surface area contributed by atoms with E-state index < -0.39 is 0 Å². The van der Waals surface area contributed by atoms with Crippen LogP contribution in [0.1, 0.15) is 11.8 Å². The highest BCUT2D eigenvalue weighted by molar-refractivity contribution is 7.17. The van der Waals surface area contributed by atoms with E-state index in [1.807, 2.05) is 18.2 Å². The molecule has 0 bridgehead atoms. The number of rotatable bonds is 2. The first kappa shape index (κ1) is 8.50. The lowest BCUT2D eigenvalue weighted by molar-refractivity contribution is -0.104. The molecule has 1 rings (SSSR count). The highest BCUT2D eigenvalue weighted by Crippen LogP contribution is 2.22. The SMILES string of the molecule is CC(C=O)=Cc1ccc(Cl)s1. The predicted molar refractivity (Wildman–Crippen MR) is 49.0 cm³/mol. The van der Waals surface area contributed by atoms with Crippen LogP contribution < -0.4 is 0 Å². The zero-order chi connectivity index (χ0) is 8.27. The molecule has 1 nitrogen and oxygen atoms in total. The van der Waals surface area contributed by atoms with Crippen molar-refractivity contribution in [3.63, 3.8) is 0 Å². The minimum Gasteiger partial charge on any atom is -0.298 e. The molecule has 0 N–H and O–H groups in total. The zero-order valence-electron chi connectivity index (χ0n) is 6.00. The average Bonchev–Trinajstić information content (AvgIpc) is 2.35. The summed E-state index contributed by atoms with van der Waals surface area (Å²) >= 11 is 7.15. The fourth-order valence-corrected chi connectivity index (χ4v) is 1.74. The van der Waals surface area contributed by atoms with Crippen molar-refractivity contribution in [1.29, 1.82) is 0 Å². The molecular formula is C8H7ClOS. The molecule has 0 saturated carbocycles. The van der Waals surface area contributed by atoms with Crippen LogP contribution in [0.5, 0.6) is 0 Å². The van der Waals surface area contributed by atoms with Gasteiger partial charge in [0, 0.05) is 4.88 Å². The third-order valence-electron chi connectivity index (χ3n) is 1.15. The van der Waals surface area contributed by atoms with Crippen molar-refractivity contribution in [2.75, 3.05) is 0 Å². The number of aldehydes is 1. The molecule has 0 atom stereocenters. The largest absolute Gasteiger partial charge is 0.298 e. The minimum atomic E-state index is 0.712. The number of carbonyl (C=O) groups is 1. The molecule has 3 heteroatoms. The van der Waals surface area contributed by atoms with E-state index in [9.17, 15) is 4.79 Å². The Morgan fingerprint density at radius 3 is 2.82 bits per heavy atom. The van der Waals surface area contributed by atoms with Gasteiger partial charge in [0.1, 0.15) is 6.29 Å². The van der Waals surface area contributed by atoms with E-state index in [0.29, 0.717) is 5.57 Å². The lowest BCUT2D eigenvalue weighted by atomic mass is 10.3. The number of hydrogen-bond acceptors (Lipinski definition) is 2. The molecule has 0 saturated heterocycles. The molecule has 0 fully saturated rings. The number of thiophene rings is 1. The second kappa shape index (κ2) is 3.69. The first-order valence-corrected chi connectivity index (χ1v) is 4.30. The summed E-state index contributed by atoms with van der Waals surface area (Å²) in [5, 5.41) is 0. The van der Waals surface area contributed by atoms with Crippen molar-refractivity contribution in [1.82, 2.24) is 0 Å². The van der Waals surface area contributed by atoms with Crippen LogP contribution >= 0.6 is 22.9 Å². The van der Waals surface area contributed by atoms with E-state index in [0.717, 1.165) is 15.5 Å². The van der Waals surface area contributed by atoms with Gasteiger partial charge in [0.2, 0.25) is 0 Å². The lowest BCUT2D eigenvalue weighted by Crippen LogP contribution is -1.72. The Labute approximate surface area is 74.3 Å². The number of allylic oxidation sites excluding steroid dienone is 1. The molecular weight excluding hydrogens is 180 g/mol. The van der Waals surface area contributed by atoms with Crippen LogP contribution in [0, 0.1) is 0 Å². The monoisotopic (exact) mass is 186 g/mol. The smallest absolute Gasteiger partial charge is 0.145 e. The predicted octanol–water partition coefficient (Wildman–Crippen LogP) is 3.00. The summed E-state index contributed by atoms with van der Waals surface area (Å²) in [5.74, 6) is 0. The molecule has 58 valence electrons. The van der Waals surface area contributed by atoms with E-state index in [-0.39, 0.29) is 0 Å². The third kappa shape index (κ3) is 2.48. The first-order chi connectivity index (χ1) is 5.22. The maximum atomic E-state index is 10.2. The molecule has 0 aliphatic heterocycles. The molecule has 1 heterocycles. The highest BCUT2D eigenvalue weighted by Gasteiger charge is 1.93. The van der Waals surface area contributed by atoms with Crippen LogP contribution in [0.4, 0.5) is 0 Å². The summed E-state index contributed by atoms with van der Waals surface area (Å²) < 4.78 is 0.745. The average molecular weight is 187 g/mol. The molecule has 0 aliphatic rings. The van der Waals surface area contributed by atoms with Crippen molar-refractivity contribution in [3.05, 3.63) is 26.9 Å². The van der Waals surface area contributed by atoms with Gasteiger partial charge in [-0.2, -0.15) is 0 Å². The zero-order valence-corrected chi connectivity index (χ0v) is 7.58. The molecule has 0 aromatic carbocycles. The Morgan fingerprint density at radius 1 is 1.64 bits per heavy atom. The maximum Gasteiger partial charge on any atom is 0.145 e. The van der Waals surface area contributed by atoms with Crippen LogP contribution in [0.25, 0.3) is 6.08 Å². The third-order valence-corrected chi connectivity index (χ3v) is 2.33. The van der Waals surface area contributed by atoms with E-state index in [1.165, 1.54) is 11.3 Å². The molecule has 0 unspecified atom stereocenters. The number of carbonyl (C=O) groups excluding carboxylic acids is 1. The van der Waals surface area contributed by atoms with Gasteiger partial charge in [-0.1, -0.05) is 11.6 Å². The summed E-state index contributed by atoms with van der Waals surface area (Å²) in [4.78, 5) is 11.2. The van der Waals surface area contributed by atoms with Crippen LogP contribution in [-0.4, -0.2) is 6.29 Å². The second-order valence-corrected chi connectivity index (χ2v) is 3.89. The van der Waals surface area contributed by atoms with Gasteiger partial charge in [-0.25, -0.2) is 0 Å². The molecule has 0 spiro atoms. The Kier molecular flexibility index (Phi) is 2.85. The van der Waals surface area contributed by atoms with Gasteiger partial charge in [0.05, 0.1) is 4.34 Å². The molecule has 0 aliphatic carbocycles. The summed E-state index contributed by atoms with van der Waals surface area (Å²) in [6.07, 6.45) is 2.64. The standard InChI is InChI=1S/C8H7ClOS/c1-6(5-10)4-7-2-3-8(9)11-7/h2-5H,1H3. The number of hydrogen-bond donors (Lipinski definition) is 0. The van der Waals surface area contributed by atoms with Crippen LogP contribution in [0.2, 0.25) is 4.34 Å². The van der Waals surface area contributed by atoms with E-state index in [1.54, 1.807) is 6.92 Å². The van der Waals surface area contributed by atoms with Gasteiger partial charge in [-0.3, -0.25) is 4.79 Å². The van der Waals surface area contributed by atoms with Crippen molar-refractivity contribution in [3.8, 4) is 0 Å². The summed E-state index contributed by atoms with van der Waals surface area (Å²) in [6, 6.07) is 3.70. The fraction of sp³-hybridized carbons (Fsp3) is 0.125. The Morgan fingerprint density at radius 2 is 2.36 bits per heavy atom. The van der Waals surface area contributed by atoms with E-state index >= 15 is 0 Å². The van der Waals surface area contributed by atoms with Crippen molar-refractivity contribution < 1.29 is 4.79 Å². The summed E-state index contributed by atoms with van der Waals surface area (Å²) in [5.41, 5.74) is 0.712. The van der Waals surface area contributed by atoms with Crippen LogP contribution in [-0.2, 0) is 4.79 Å². The highest BCUT2D eigenvalue weighted by atomic mass is 35.5. The molecule has 1 aromatic heterocycles. The molecule has 0 radical (unpaired) electrons. The molecule has 1 aromatic rings. The molecule has 0 amide bonds. The first-order valence-electron chi connectivity index (χ1n) is 3.11. The summed E-state index contributed by atoms with van der Waals surface area (Å²) in [6.45, 7) is 1.76. The van der Waals surface area contributed by atoms with Gasteiger partial charge in [0.15, 0.2) is 0 Å². The van der Waals surface area contributed by atoms with Gasteiger partial charge < -0.3 is 0 Å². The van der Waals surface area contributed by atoms with Gasteiger partial charge in [0.25, 0.3) is 0 Å². The minimum absolute atomic E-state index is 0.712. The molecule has 11 heavy (non-hydrogen) atoms. The normalized spacial score (nSPS) is 11.6. The van der Waals surface area contributed by atoms with Crippen molar-refractivity contribution >= 4 is 35.3 Å². The lowest BCUT2D eigenvalue weighted by Gasteiger charge is -1.84. The second-order valence-electron chi connectivity index (χ2n) is 2.15. The Bertz CT molecular complexity index is 288. The van der Waals surface area contributed by atoms with Gasteiger partial charge in [-0.15, -0.1) is 11.3 Å². The summed E-state index contributed by atoms with van der Waals surface area (Å²) in [7, 11) is 0.